The van der Waals surface area contributed by atoms with Gasteiger partial charge in [0.2, 0.25) is 0 Å². The number of non-ortho nitro benzene ring substituents is 1. The highest BCUT2D eigenvalue weighted by molar-refractivity contribution is 7.80. The normalized spacial score (nSPS) is 10.3. The molecule has 0 saturated heterocycles. The van der Waals surface area contributed by atoms with Gasteiger partial charge in [0.25, 0.3) is 5.69 Å². The number of H-pyrrole nitrogens is 1. The van der Waals surface area contributed by atoms with E-state index >= 15 is 0 Å². The van der Waals surface area contributed by atoms with Gasteiger partial charge < -0.3 is 9.72 Å². The average molecular weight is 351 g/mol. The van der Waals surface area contributed by atoms with Crippen LogP contribution in [-0.2, 0) is 22.4 Å². The number of aromatic amines is 1. The van der Waals surface area contributed by atoms with Crippen molar-refractivity contribution >= 4 is 36.5 Å². The summed E-state index contributed by atoms with van der Waals surface area (Å²) in [6, 6.07) is 6.16. The predicted molar refractivity (Wildman–Crippen MR) is 88.3 cm³/mol. The van der Waals surface area contributed by atoms with E-state index in [1.165, 1.54) is 19.2 Å². The van der Waals surface area contributed by atoms with E-state index in [4.69, 9.17) is 12.2 Å². The van der Waals surface area contributed by atoms with E-state index in [1.54, 1.807) is 12.1 Å². The summed E-state index contributed by atoms with van der Waals surface area (Å²) < 4.78 is 4.97. The van der Waals surface area contributed by atoms with Gasteiger partial charge in [0.15, 0.2) is 0 Å². The number of methoxy groups -OCH3 is 1. The maximum absolute atomic E-state index is 11.3. The lowest BCUT2D eigenvalue weighted by molar-refractivity contribution is -0.384. The Bertz CT molecular complexity index is 803. The third-order valence-electron chi connectivity index (χ3n) is 3.11. The summed E-state index contributed by atoms with van der Waals surface area (Å²) in [6.45, 7) is 0. The molecule has 1 aromatic heterocycles. The van der Waals surface area contributed by atoms with E-state index in [2.05, 4.69) is 27.3 Å². The number of nitro benzene ring substituents is 1. The van der Waals surface area contributed by atoms with Crippen LogP contribution in [0.3, 0.4) is 0 Å². The standard InChI is InChI=1S/C14H13N3O4S2/c1-21-12(18)7-10-13(22)15-11(16-14(10)23)6-8-2-4-9(5-3-8)17(19)20/h2-5H,6-7H2,1H3,(H2,15,16,22,23). The van der Waals surface area contributed by atoms with Gasteiger partial charge in [-0.05, 0) is 5.56 Å². The zero-order valence-electron chi connectivity index (χ0n) is 12.1. The SMILES string of the molecule is COC(=O)Cc1c(S)nc(Cc2ccc([N+](=O)[O-])cc2)[nH]c1=S. The summed E-state index contributed by atoms with van der Waals surface area (Å²) in [6.07, 6.45) is 0.406. The van der Waals surface area contributed by atoms with Crippen LogP contribution in [0.2, 0.25) is 0 Å². The number of carbonyl (C=O) groups is 1. The monoisotopic (exact) mass is 351 g/mol. The van der Waals surface area contributed by atoms with Crippen molar-refractivity contribution in [1.82, 2.24) is 9.97 Å². The van der Waals surface area contributed by atoms with Gasteiger partial charge in [0.1, 0.15) is 15.5 Å². The minimum Gasteiger partial charge on any atom is -0.469 e. The highest BCUT2D eigenvalue weighted by Crippen LogP contribution is 2.17. The van der Waals surface area contributed by atoms with Crippen molar-refractivity contribution in [2.24, 2.45) is 0 Å². The van der Waals surface area contributed by atoms with Crippen LogP contribution < -0.4 is 0 Å². The van der Waals surface area contributed by atoms with Crippen LogP contribution in [0, 0.1) is 14.8 Å². The number of nitrogens with one attached hydrogen (secondary N) is 1. The van der Waals surface area contributed by atoms with Gasteiger partial charge in [0, 0.05) is 24.1 Å². The molecule has 0 spiro atoms. The lowest BCUT2D eigenvalue weighted by Crippen LogP contribution is -2.09. The lowest BCUT2D eigenvalue weighted by atomic mass is 10.1. The van der Waals surface area contributed by atoms with Gasteiger partial charge in [0.05, 0.1) is 18.5 Å². The Kier molecular flexibility index (Phi) is 5.45. The van der Waals surface area contributed by atoms with Gasteiger partial charge in [-0.3, -0.25) is 14.9 Å². The van der Waals surface area contributed by atoms with Gasteiger partial charge in [-0.15, -0.1) is 12.6 Å². The number of benzene rings is 1. The lowest BCUT2D eigenvalue weighted by Gasteiger charge is -2.07. The summed E-state index contributed by atoms with van der Waals surface area (Å²) in [7, 11) is 1.30. The highest BCUT2D eigenvalue weighted by Gasteiger charge is 2.12. The van der Waals surface area contributed by atoms with E-state index in [0.29, 0.717) is 27.5 Å². The Hall–Kier alpha value is -2.26. The van der Waals surface area contributed by atoms with E-state index < -0.39 is 10.9 Å². The molecule has 0 atom stereocenters. The number of nitrogens with zero attached hydrogens (tertiary/aromatic N) is 2. The first-order chi connectivity index (χ1) is 10.9. The number of carbonyl (C=O) groups excluding carboxylic acids is 1. The Balaban J connectivity index is 2.22. The van der Waals surface area contributed by atoms with Crippen LogP contribution in [0.5, 0.6) is 0 Å². The molecule has 0 aliphatic heterocycles. The van der Waals surface area contributed by atoms with Crippen molar-refractivity contribution in [2.45, 2.75) is 17.9 Å². The molecule has 1 N–H and O–H groups in total. The molecule has 0 amide bonds. The number of esters is 1. The second-order valence-corrected chi connectivity index (χ2v) is 5.50. The quantitative estimate of drug-likeness (QED) is 0.215. The van der Waals surface area contributed by atoms with Gasteiger partial charge >= 0.3 is 5.97 Å². The maximum Gasteiger partial charge on any atom is 0.310 e. The highest BCUT2D eigenvalue weighted by atomic mass is 32.1. The smallest absolute Gasteiger partial charge is 0.310 e. The van der Waals surface area contributed by atoms with E-state index in [0.717, 1.165) is 5.56 Å². The van der Waals surface area contributed by atoms with Crippen LogP contribution in [-0.4, -0.2) is 28.0 Å². The van der Waals surface area contributed by atoms with Crippen LogP contribution in [0.15, 0.2) is 29.3 Å². The summed E-state index contributed by atoms with van der Waals surface area (Å²) in [5, 5.41) is 11.0. The largest absolute Gasteiger partial charge is 0.469 e. The summed E-state index contributed by atoms with van der Waals surface area (Å²) in [4.78, 5) is 28.7. The first-order valence-corrected chi connectivity index (χ1v) is 7.37. The van der Waals surface area contributed by atoms with Crippen molar-refractivity contribution in [3.63, 3.8) is 0 Å². The average Bonchev–Trinajstić information content (AvgIpc) is 2.51. The second kappa shape index (κ2) is 7.34. The molecule has 0 aliphatic carbocycles. The topological polar surface area (TPSA) is 98.1 Å². The molecule has 0 unspecified atom stereocenters. The molecule has 0 saturated carbocycles. The number of nitro groups is 1. The molecule has 0 radical (unpaired) electrons. The van der Waals surface area contributed by atoms with Crippen LogP contribution in [0.4, 0.5) is 5.69 Å². The van der Waals surface area contributed by atoms with Crippen molar-refractivity contribution in [3.05, 3.63) is 56.0 Å². The van der Waals surface area contributed by atoms with Crippen molar-refractivity contribution in [2.75, 3.05) is 7.11 Å². The van der Waals surface area contributed by atoms with Gasteiger partial charge in [-0.25, -0.2) is 4.98 Å². The summed E-state index contributed by atoms with van der Waals surface area (Å²) in [5.41, 5.74) is 1.36. The number of thiol groups is 1. The molecule has 0 bridgehead atoms. The Morgan fingerprint density at radius 1 is 1.43 bits per heavy atom. The minimum absolute atomic E-state index is 0.00449. The molecule has 9 heteroatoms. The molecule has 0 aliphatic rings. The Labute approximate surface area is 142 Å². The molecule has 0 fully saturated rings. The molecule has 1 heterocycles. The van der Waals surface area contributed by atoms with Crippen LogP contribution >= 0.6 is 24.8 Å². The van der Waals surface area contributed by atoms with Crippen molar-refractivity contribution in [1.29, 1.82) is 0 Å². The first kappa shape index (κ1) is 17.1. The van der Waals surface area contributed by atoms with Crippen LogP contribution in [0.1, 0.15) is 17.0 Å². The number of rotatable bonds is 5. The zero-order valence-corrected chi connectivity index (χ0v) is 13.8. The Morgan fingerprint density at radius 3 is 2.61 bits per heavy atom. The Morgan fingerprint density at radius 2 is 2.09 bits per heavy atom. The van der Waals surface area contributed by atoms with Crippen LogP contribution in [0.25, 0.3) is 0 Å². The molecular formula is C14H13N3O4S2. The number of aromatic nitrogens is 2. The molecule has 1 aromatic carbocycles. The molecular weight excluding hydrogens is 338 g/mol. The number of hydrogen-bond donors (Lipinski definition) is 2. The fraction of sp³-hybridized carbons (Fsp3) is 0.214. The predicted octanol–water partition coefficient (Wildman–Crippen LogP) is 2.64. The fourth-order valence-electron chi connectivity index (χ4n) is 1.92. The summed E-state index contributed by atoms with van der Waals surface area (Å²) in [5.74, 6) is 0.132. The third kappa shape index (κ3) is 4.36. The number of hydrogen-bond acceptors (Lipinski definition) is 7. The number of ether oxygens (including phenoxy) is 1. The molecule has 2 rings (SSSR count). The summed E-state index contributed by atoms with van der Waals surface area (Å²) >= 11 is 9.49. The van der Waals surface area contributed by atoms with E-state index in [9.17, 15) is 14.9 Å². The van der Waals surface area contributed by atoms with Crippen molar-refractivity contribution in [3.8, 4) is 0 Å². The van der Waals surface area contributed by atoms with Gasteiger partial charge in [-0.2, -0.15) is 0 Å². The molecule has 120 valence electrons. The third-order valence-corrected chi connectivity index (χ3v) is 3.83. The minimum atomic E-state index is -0.455. The molecule has 23 heavy (non-hydrogen) atoms. The zero-order chi connectivity index (χ0) is 17.0. The molecule has 7 nitrogen and oxygen atoms in total. The van der Waals surface area contributed by atoms with E-state index in [-0.39, 0.29) is 12.1 Å². The van der Waals surface area contributed by atoms with E-state index in [1.807, 2.05) is 0 Å². The molecule has 2 aromatic rings. The fourth-order valence-corrected chi connectivity index (χ4v) is 2.59. The maximum atomic E-state index is 11.3. The second-order valence-electron chi connectivity index (χ2n) is 4.67. The van der Waals surface area contributed by atoms with Gasteiger partial charge in [-0.1, -0.05) is 24.4 Å². The van der Waals surface area contributed by atoms with Crippen molar-refractivity contribution < 1.29 is 14.5 Å². The first-order valence-electron chi connectivity index (χ1n) is 6.52.